The lowest BCUT2D eigenvalue weighted by Crippen LogP contribution is -2.31. The van der Waals surface area contributed by atoms with Crippen LogP contribution in [0, 0.1) is 0 Å². The van der Waals surface area contributed by atoms with Gasteiger partial charge in [0, 0.05) is 11.3 Å². The second kappa shape index (κ2) is 8.97. The summed E-state index contributed by atoms with van der Waals surface area (Å²) in [4.78, 5) is 40.2. The van der Waals surface area contributed by atoms with Crippen LogP contribution in [0.1, 0.15) is 21.5 Å². The van der Waals surface area contributed by atoms with E-state index < -0.39 is 0 Å². The van der Waals surface area contributed by atoms with Crippen molar-refractivity contribution in [3.05, 3.63) is 102 Å². The number of hydrogen-bond acceptors (Lipinski definition) is 4. The van der Waals surface area contributed by atoms with Crippen LogP contribution < -0.4 is 4.90 Å². The van der Waals surface area contributed by atoms with E-state index in [4.69, 9.17) is 0 Å². The quantitative estimate of drug-likeness (QED) is 0.583. The number of nitrogens with zero attached hydrogens (tertiary/aromatic N) is 2. The van der Waals surface area contributed by atoms with Crippen molar-refractivity contribution in [2.24, 2.45) is 0 Å². The molecule has 0 atom stereocenters. The van der Waals surface area contributed by atoms with E-state index in [0.717, 1.165) is 28.6 Å². The van der Waals surface area contributed by atoms with Crippen molar-refractivity contribution in [2.75, 3.05) is 10.7 Å². The molecule has 0 radical (unpaired) electrons. The zero-order chi connectivity index (χ0) is 20.9. The molecule has 1 fully saturated rings. The van der Waals surface area contributed by atoms with Gasteiger partial charge in [0.2, 0.25) is 5.91 Å². The number of anilines is 1. The van der Waals surface area contributed by atoms with Gasteiger partial charge in [0.25, 0.3) is 11.1 Å². The fourth-order valence-corrected chi connectivity index (χ4v) is 4.05. The number of hydrogen-bond donors (Lipinski definition) is 0. The maximum Gasteiger partial charge on any atom is 0.289 e. The van der Waals surface area contributed by atoms with E-state index in [2.05, 4.69) is 0 Å². The number of carbonyl (C=O) groups excluding carboxylic acids is 3. The average molecular weight is 417 g/mol. The Labute approximate surface area is 179 Å². The van der Waals surface area contributed by atoms with Gasteiger partial charge in [0.05, 0.1) is 18.8 Å². The molecule has 0 aromatic heterocycles. The number of carbonyl (C=O) groups is 3. The second-order valence-electron chi connectivity index (χ2n) is 6.95. The lowest BCUT2D eigenvalue weighted by molar-refractivity contribution is -0.125. The molecular formula is C24H20N2O3S. The topological polar surface area (TPSA) is 57.7 Å². The Bertz CT molecular complexity index is 1050. The first-order valence-corrected chi connectivity index (χ1v) is 10.6. The van der Waals surface area contributed by atoms with E-state index >= 15 is 0 Å². The van der Waals surface area contributed by atoms with Crippen LogP contribution in [0.4, 0.5) is 10.5 Å². The molecule has 0 spiro atoms. The maximum atomic E-state index is 13.4. The summed E-state index contributed by atoms with van der Waals surface area (Å²) >= 11 is 1.01. The van der Waals surface area contributed by atoms with Gasteiger partial charge in [0.15, 0.2) is 0 Å². The Morgan fingerprint density at radius 2 is 1.53 bits per heavy atom. The summed E-state index contributed by atoms with van der Waals surface area (Å²) < 4.78 is 0. The molecule has 0 N–H and O–H groups in total. The minimum Gasteiger partial charge on any atom is -0.304 e. The van der Waals surface area contributed by atoms with E-state index in [1.165, 1.54) is 4.90 Å². The lowest BCUT2D eigenvalue weighted by Gasteiger charge is -2.23. The van der Waals surface area contributed by atoms with E-state index in [1.807, 2.05) is 66.7 Å². The van der Waals surface area contributed by atoms with Crippen molar-refractivity contribution in [3.63, 3.8) is 0 Å². The van der Waals surface area contributed by atoms with Crippen LogP contribution in [-0.4, -0.2) is 27.7 Å². The highest BCUT2D eigenvalue weighted by Gasteiger charge is 2.30. The summed E-state index contributed by atoms with van der Waals surface area (Å²) in [5.74, 6) is -0.159. The van der Waals surface area contributed by atoms with Crippen LogP contribution in [0.5, 0.6) is 0 Å². The van der Waals surface area contributed by atoms with E-state index in [1.54, 1.807) is 23.1 Å². The van der Waals surface area contributed by atoms with Gasteiger partial charge in [-0.25, -0.2) is 0 Å². The second-order valence-corrected chi connectivity index (χ2v) is 7.87. The van der Waals surface area contributed by atoms with Crippen LogP contribution in [0.3, 0.4) is 0 Å². The number of benzene rings is 3. The zero-order valence-electron chi connectivity index (χ0n) is 16.2. The van der Waals surface area contributed by atoms with Crippen LogP contribution in [0.25, 0.3) is 0 Å². The average Bonchev–Trinajstić information content (AvgIpc) is 3.10. The van der Waals surface area contributed by atoms with Crippen molar-refractivity contribution >= 4 is 34.5 Å². The Morgan fingerprint density at radius 3 is 2.20 bits per heavy atom. The summed E-state index contributed by atoms with van der Waals surface area (Å²) in [6, 6.07) is 26.5. The molecule has 1 saturated heterocycles. The van der Waals surface area contributed by atoms with Crippen LogP contribution in [-0.2, 0) is 17.9 Å². The molecule has 1 aliphatic rings. The normalized spacial score (nSPS) is 13.5. The van der Waals surface area contributed by atoms with Crippen LogP contribution in [0.15, 0.2) is 84.9 Å². The fraction of sp³-hybridized carbons (Fsp3) is 0.125. The molecule has 5 nitrogen and oxygen atoms in total. The van der Waals surface area contributed by atoms with Gasteiger partial charge in [-0.15, -0.1) is 0 Å². The van der Waals surface area contributed by atoms with Gasteiger partial charge >= 0.3 is 0 Å². The lowest BCUT2D eigenvalue weighted by atomic mass is 10.1. The van der Waals surface area contributed by atoms with Crippen LogP contribution >= 0.6 is 11.8 Å². The molecule has 3 aromatic carbocycles. The molecule has 30 heavy (non-hydrogen) atoms. The zero-order valence-corrected chi connectivity index (χ0v) is 17.0. The highest BCUT2D eigenvalue weighted by atomic mass is 32.2. The van der Waals surface area contributed by atoms with Gasteiger partial charge < -0.3 is 4.90 Å². The van der Waals surface area contributed by atoms with Crippen molar-refractivity contribution in [1.82, 2.24) is 4.90 Å². The molecule has 0 aliphatic carbocycles. The molecule has 0 saturated carbocycles. The smallest absolute Gasteiger partial charge is 0.289 e. The third-order valence-electron chi connectivity index (χ3n) is 4.85. The minimum absolute atomic E-state index is 0.139. The highest BCUT2D eigenvalue weighted by Crippen LogP contribution is 2.23. The predicted octanol–water partition coefficient (Wildman–Crippen LogP) is 4.73. The van der Waals surface area contributed by atoms with Crippen molar-refractivity contribution in [1.29, 1.82) is 0 Å². The van der Waals surface area contributed by atoms with Crippen molar-refractivity contribution in [2.45, 2.75) is 13.1 Å². The standard InChI is InChI=1S/C24H20N2O3S/c27-22-17-30-24(29)26(22)16-19-10-7-11-20(14-19)23(28)25(21-12-5-2-6-13-21)15-18-8-3-1-4-9-18/h1-14H,15-17H2. The predicted molar refractivity (Wildman–Crippen MR) is 118 cm³/mol. The summed E-state index contributed by atoms with van der Waals surface area (Å²) in [5.41, 5.74) is 3.09. The van der Waals surface area contributed by atoms with Crippen molar-refractivity contribution in [3.8, 4) is 0 Å². The number of rotatable bonds is 6. The van der Waals surface area contributed by atoms with E-state index in [-0.39, 0.29) is 29.4 Å². The highest BCUT2D eigenvalue weighted by molar-refractivity contribution is 8.14. The molecule has 4 rings (SSSR count). The Kier molecular flexibility index (Phi) is 5.95. The largest absolute Gasteiger partial charge is 0.304 e. The van der Waals surface area contributed by atoms with Crippen LogP contribution in [0.2, 0.25) is 0 Å². The summed E-state index contributed by atoms with van der Waals surface area (Å²) in [6.45, 7) is 0.615. The molecule has 0 bridgehead atoms. The molecule has 1 heterocycles. The summed E-state index contributed by atoms with van der Waals surface area (Å²) in [6.07, 6.45) is 0. The number of imide groups is 1. The summed E-state index contributed by atoms with van der Waals surface area (Å²) in [7, 11) is 0. The molecule has 3 amide bonds. The van der Waals surface area contributed by atoms with E-state index in [9.17, 15) is 14.4 Å². The van der Waals surface area contributed by atoms with Gasteiger partial charge in [-0.2, -0.15) is 0 Å². The molecule has 3 aromatic rings. The SMILES string of the molecule is O=C1CSC(=O)N1Cc1cccc(C(=O)N(Cc2ccccc2)c2ccccc2)c1. The van der Waals surface area contributed by atoms with Crippen molar-refractivity contribution < 1.29 is 14.4 Å². The first kappa shape index (κ1) is 19.9. The number of amides is 3. The molecule has 6 heteroatoms. The van der Waals surface area contributed by atoms with Gasteiger partial charge in [-0.05, 0) is 35.4 Å². The number of para-hydroxylation sites is 1. The Morgan fingerprint density at radius 1 is 0.867 bits per heavy atom. The molecular weight excluding hydrogens is 396 g/mol. The third kappa shape index (κ3) is 4.44. The first-order chi connectivity index (χ1) is 14.6. The molecule has 1 aliphatic heterocycles. The first-order valence-electron chi connectivity index (χ1n) is 9.59. The van der Waals surface area contributed by atoms with Gasteiger partial charge in [0.1, 0.15) is 0 Å². The third-order valence-corrected chi connectivity index (χ3v) is 5.71. The Hall–Kier alpha value is -3.38. The maximum absolute atomic E-state index is 13.4. The summed E-state index contributed by atoms with van der Waals surface area (Å²) in [5, 5.41) is -0.244. The Balaban J connectivity index is 1.61. The van der Waals surface area contributed by atoms with E-state index in [0.29, 0.717) is 12.1 Å². The monoisotopic (exact) mass is 416 g/mol. The molecule has 0 unspecified atom stereocenters. The minimum atomic E-state index is -0.244. The van der Waals surface area contributed by atoms with Gasteiger partial charge in [-0.1, -0.05) is 72.4 Å². The molecule has 150 valence electrons. The number of thioether (sulfide) groups is 1. The fourth-order valence-electron chi connectivity index (χ4n) is 3.33. The van der Waals surface area contributed by atoms with Gasteiger partial charge in [-0.3, -0.25) is 19.3 Å².